The van der Waals surface area contributed by atoms with Gasteiger partial charge >= 0.3 is 0 Å². The zero-order chi connectivity index (χ0) is 17.2. The Morgan fingerprint density at radius 3 is 2.54 bits per heavy atom. The highest BCUT2D eigenvalue weighted by Crippen LogP contribution is 2.42. The number of benzene rings is 1. The van der Waals surface area contributed by atoms with Gasteiger partial charge in [0.1, 0.15) is 0 Å². The van der Waals surface area contributed by atoms with Gasteiger partial charge in [-0.1, -0.05) is 30.3 Å². The minimum atomic E-state index is -0.261. The van der Waals surface area contributed by atoms with Gasteiger partial charge in [-0.3, -0.25) is 14.4 Å². The van der Waals surface area contributed by atoms with Gasteiger partial charge in [-0.05, 0) is 18.4 Å². The van der Waals surface area contributed by atoms with E-state index in [2.05, 4.69) is 22.8 Å². The maximum atomic E-state index is 12.1. The van der Waals surface area contributed by atoms with Crippen molar-refractivity contribution in [2.75, 3.05) is 19.6 Å². The first-order valence-electron chi connectivity index (χ1n) is 8.38. The molecule has 0 saturated carbocycles. The number of amides is 3. The van der Waals surface area contributed by atoms with Crippen molar-refractivity contribution in [1.29, 1.82) is 0 Å². The number of carbonyl (C=O) groups excluding carboxylic acids is 3. The lowest BCUT2D eigenvalue weighted by atomic mass is 9.74. The van der Waals surface area contributed by atoms with Gasteiger partial charge in [0.05, 0.1) is 12.1 Å². The molecule has 0 radical (unpaired) electrons. The highest BCUT2D eigenvalue weighted by Gasteiger charge is 2.48. The minimum absolute atomic E-state index is 0.0385. The van der Waals surface area contributed by atoms with Crippen LogP contribution in [-0.4, -0.2) is 47.8 Å². The van der Waals surface area contributed by atoms with Crippen LogP contribution in [0.4, 0.5) is 0 Å². The van der Waals surface area contributed by atoms with Gasteiger partial charge in [-0.25, -0.2) is 0 Å². The summed E-state index contributed by atoms with van der Waals surface area (Å²) in [6, 6.07) is 10.1. The summed E-state index contributed by atoms with van der Waals surface area (Å²) in [6.07, 6.45) is 1.98. The number of rotatable bonds is 3. The molecular formula is C18H23N3O3. The average Bonchev–Trinajstić information content (AvgIpc) is 2.90. The summed E-state index contributed by atoms with van der Waals surface area (Å²) in [4.78, 5) is 36.9. The second kappa shape index (κ2) is 6.63. The second-order valence-electron chi connectivity index (χ2n) is 6.66. The van der Waals surface area contributed by atoms with E-state index in [0.29, 0.717) is 19.5 Å². The smallest absolute Gasteiger partial charge is 0.241 e. The molecule has 2 saturated heterocycles. The van der Waals surface area contributed by atoms with E-state index < -0.39 is 0 Å². The molecule has 0 bridgehead atoms. The first-order chi connectivity index (χ1) is 11.5. The van der Waals surface area contributed by atoms with Gasteiger partial charge in [0.15, 0.2) is 0 Å². The molecule has 6 heteroatoms. The number of nitrogens with zero attached hydrogens (tertiary/aromatic N) is 1. The third-order valence-corrected chi connectivity index (χ3v) is 5.14. The Morgan fingerprint density at radius 2 is 1.92 bits per heavy atom. The van der Waals surface area contributed by atoms with Crippen molar-refractivity contribution < 1.29 is 14.4 Å². The monoisotopic (exact) mass is 329 g/mol. The van der Waals surface area contributed by atoms with Gasteiger partial charge in [0, 0.05) is 32.4 Å². The molecule has 0 aliphatic carbocycles. The van der Waals surface area contributed by atoms with E-state index in [1.807, 2.05) is 18.2 Å². The summed E-state index contributed by atoms with van der Waals surface area (Å²) in [6.45, 7) is 2.64. The summed E-state index contributed by atoms with van der Waals surface area (Å²) in [5.74, 6) is -0.0367. The van der Waals surface area contributed by atoms with Crippen LogP contribution in [0.15, 0.2) is 30.3 Å². The average molecular weight is 329 g/mol. The molecule has 2 fully saturated rings. The molecule has 1 aromatic carbocycles. The van der Waals surface area contributed by atoms with E-state index >= 15 is 0 Å². The largest absolute Gasteiger partial charge is 0.350 e. The van der Waals surface area contributed by atoms with Crippen molar-refractivity contribution in [3.8, 4) is 0 Å². The standard InChI is InChI=1S/C18H23N3O3/c1-13(22)19-12-17(24)21-9-7-18(8-10-21)15(11-16(23)20-18)14-5-3-2-4-6-14/h2-6,15H,7-12H2,1H3,(H,19,22)(H,20,23)/t15-/m1/s1. The topological polar surface area (TPSA) is 78.5 Å². The van der Waals surface area contributed by atoms with Crippen LogP contribution in [0.3, 0.4) is 0 Å². The lowest BCUT2D eigenvalue weighted by molar-refractivity contribution is -0.134. The Labute approximate surface area is 141 Å². The molecule has 1 atom stereocenters. The van der Waals surface area contributed by atoms with Crippen molar-refractivity contribution in [2.24, 2.45) is 0 Å². The Morgan fingerprint density at radius 1 is 1.25 bits per heavy atom. The first kappa shape index (κ1) is 16.5. The number of likely N-dealkylation sites (tertiary alicyclic amines) is 1. The SMILES string of the molecule is CC(=O)NCC(=O)N1CCC2(CC1)NC(=O)C[C@@H]2c1ccccc1. The van der Waals surface area contributed by atoms with Crippen LogP contribution in [-0.2, 0) is 14.4 Å². The Bertz CT molecular complexity index is 636. The third kappa shape index (κ3) is 3.27. The van der Waals surface area contributed by atoms with Crippen molar-refractivity contribution in [3.05, 3.63) is 35.9 Å². The predicted molar refractivity (Wildman–Crippen MR) is 89.2 cm³/mol. The number of hydrogen-bond donors (Lipinski definition) is 2. The van der Waals surface area contributed by atoms with Crippen molar-refractivity contribution in [3.63, 3.8) is 0 Å². The summed E-state index contributed by atoms with van der Waals surface area (Å²) in [5.41, 5.74) is 0.914. The van der Waals surface area contributed by atoms with Gasteiger partial charge in [0.2, 0.25) is 17.7 Å². The minimum Gasteiger partial charge on any atom is -0.350 e. The van der Waals surface area contributed by atoms with Crippen molar-refractivity contribution in [1.82, 2.24) is 15.5 Å². The van der Waals surface area contributed by atoms with E-state index in [-0.39, 0.29) is 35.7 Å². The molecule has 3 amide bonds. The molecule has 2 N–H and O–H groups in total. The first-order valence-corrected chi connectivity index (χ1v) is 8.38. The van der Waals surface area contributed by atoms with Gasteiger partial charge in [0.25, 0.3) is 0 Å². The fourth-order valence-corrected chi connectivity index (χ4v) is 3.86. The predicted octanol–water partition coefficient (Wildman–Crippen LogP) is 0.787. The van der Waals surface area contributed by atoms with Crippen LogP contribution in [0.1, 0.15) is 37.7 Å². The fourth-order valence-electron chi connectivity index (χ4n) is 3.86. The maximum absolute atomic E-state index is 12.1. The lowest BCUT2D eigenvalue weighted by Gasteiger charge is -2.43. The van der Waals surface area contributed by atoms with Crippen LogP contribution in [0, 0.1) is 0 Å². The number of carbonyl (C=O) groups is 3. The third-order valence-electron chi connectivity index (χ3n) is 5.14. The van der Waals surface area contributed by atoms with E-state index in [1.54, 1.807) is 4.90 Å². The lowest BCUT2D eigenvalue weighted by Crippen LogP contribution is -2.55. The Hall–Kier alpha value is -2.37. The molecule has 128 valence electrons. The van der Waals surface area contributed by atoms with E-state index in [9.17, 15) is 14.4 Å². The summed E-state index contributed by atoms with van der Waals surface area (Å²) < 4.78 is 0. The zero-order valence-electron chi connectivity index (χ0n) is 13.9. The molecular weight excluding hydrogens is 306 g/mol. The second-order valence-corrected chi connectivity index (χ2v) is 6.66. The highest BCUT2D eigenvalue weighted by molar-refractivity contribution is 5.84. The van der Waals surface area contributed by atoms with Crippen LogP contribution >= 0.6 is 0 Å². The van der Waals surface area contributed by atoms with Gasteiger partial charge < -0.3 is 15.5 Å². The Kier molecular flexibility index (Phi) is 4.55. The maximum Gasteiger partial charge on any atom is 0.241 e. The summed E-state index contributed by atoms with van der Waals surface area (Å²) in [5, 5.41) is 5.73. The quantitative estimate of drug-likeness (QED) is 0.860. The molecule has 3 rings (SSSR count). The molecule has 2 aliphatic heterocycles. The summed E-state index contributed by atoms with van der Waals surface area (Å²) >= 11 is 0. The van der Waals surface area contributed by atoms with Gasteiger partial charge in [-0.15, -0.1) is 0 Å². The molecule has 2 aliphatic rings. The zero-order valence-corrected chi connectivity index (χ0v) is 13.9. The van der Waals surface area contributed by atoms with E-state index in [4.69, 9.17) is 0 Å². The van der Waals surface area contributed by atoms with Crippen molar-refractivity contribution in [2.45, 2.75) is 37.6 Å². The fraction of sp³-hybridized carbons (Fsp3) is 0.500. The molecule has 2 heterocycles. The molecule has 0 unspecified atom stereocenters. The van der Waals surface area contributed by atoms with Crippen LogP contribution in [0.25, 0.3) is 0 Å². The van der Waals surface area contributed by atoms with Crippen LogP contribution in [0.2, 0.25) is 0 Å². The van der Waals surface area contributed by atoms with E-state index in [1.165, 1.54) is 12.5 Å². The molecule has 0 aromatic heterocycles. The number of nitrogens with one attached hydrogen (secondary N) is 2. The molecule has 24 heavy (non-hydrogen) atoms. The van der Waals surface area contributed by atoms with Crippen molar-refractivity contribution >= 4 is 17.7 Å². The normalized spacial score (nSPS) is 22.3. The van der Waals surface area contributed by atoms with E-state index in [0.717, 1.165) is 12.8 Å². The highest BCUT2D eigenvalue weighted by atomic mass is 16.2. The Balaban J connectivity index is 1.68. The van der Waals surface area contributed by atoms with Crippen LogP contribution in [0.5, 0.6) is 0 Å². The number of hydrogen-bond acceptors (Lipinski definition) is 3. The molecule has 6 nitrogen and oxygen atoms in total. The summed E-state index contributed by atoms with van der Waals surface area (Å²) in [7, 11) is 0. The molecule has 1 spiro atoms. The van der Waals surface area contributed by atoms with Gasteiger partial charge in [-0.2, -0.15) is 0 Å². The van der Waals surface area contributed by atoms with Crippen LogP contribution < -0.4 is 10.6 Å². The molecule has 1 aromatic rings. The number of piperidine rings is 1.